The molecule has 0 N–H and O–H groups in total. The van der Waals surface area contributed by atoms with E-state index >= 15 is 0 Å². The van der Waals surface area contributed by atoms with E-state index in [4.69, 9.17) is 0 Å². The fourth-order valence-corrected chi connectivity index (χ4v) is 1.15. The molecule has 0 aromatic heterocycles. The monoisotopic (exact) mass is 199 g/mol. The third-order valence-electron chi connectivity index (χ3n) is 1.66. The van der Waals surface area contributed by atoms with Crippen LogP contribution in [-0.4, -0.2) is 48.9 Å². The number of rotatable bonds is 2. The van der Waals surface area contributed by atoms with Crippen LogP contribution in [0.5, 0.6) is 0 Å². The van der Waals surface area contributed by atoms with Gasteiger partial charge in [-0.1, -0.05) is 0 Å². The van der Waals surface area contributed by atoms with Crippen LogP contribution in [-0.2, 0) is 0 Å². The molecule has 0 aliphatic carbocycles. The number of alkyl halides is 4. The summed E-state index contributed by atoms with van der Waals surface area (Å²) in [6, 6.07) is 0. The molecule has 1 unspecified atom stereocenters. The van der Waals surface area contributed by atoms with Gasteiger partial charge in [0, 0.05) is 7.05 Å². The number of halogens is 4. The highest BCUT2D eigenvalue weighted by Gasteiger charge is 2.48. The first-order valence-corrected chi connectivity index (χ1v) is 3.62. The predicted octanol–water partition coefficient (Wildman–Crippen LogP) is 1.04. The van der Waals surface area contributed by atoms with E-state index in [1.54, 1.807) is 0 Å². The normalized spacial score (nSPS) is 23.0. The Hall–Kier alpha value is -1.01. The van der Waals surface area contributed by atoms with Crippen molar-refractivity contribution in [2.24, 2.45) is 5.10 Å². The molecule has 0 fully saturated rings. The van der Waals surface area contributed by atoms with Crippen LogP contribution in [0.3, 0.4) is 0 Å². The first-order chi connectivity index (χ1) is 5.96. The molecule has 1 heterocycles. The van der Waals surface area contributed by atoms with Crippen molar-refractivity contribution in [2.45, 2.75) is 12.3 Å². The van der Waals surface area contributed by atoms with Crippen molar-refractivity contribution in [2.75, 3.05) is 20.3 Å². The highest BCUT2D eigenvalue weighted by Crippen LogP contribution is 2.28. The molecule has 0 spiro atoms. The molecule has 0 amide bonds. The highest BCUT2D eigenvalue weighted by molar-refractivity contribution is 5.56. The average molecular weight is 199 g/mol. The summed E-state index contributed by atoms with van der Waals surface area (Å²) in [5, 5.41) is 4.11. The molecule has 0 saturated carbocycles. The van der Waals surface area contributed by atoms with Gasteiger partial charge in [-0.15, -0.1) is 0 Å². The lowest BCUT2D eigenvalue weighted by atomic mass is 10.4. The third-order valence-corrected chi connectivity index (χ3v) is 1.66. The standard InChI is InChI=1S/C6H9F4N3/c1-12-4-11-13(3-2-7)5(12)6(8,9)10/h4-5H,2-3H2,1H3. The first-order valence-electron chi connectivity index (χ1n) is 3.62. The van der Waals surface area contributed by atoms with E-state index in [0.29, 0.717) is 5.01 Å². The Balaban J connectivity index is 2.70. The molecule has 0 aromatic carbocycles. The molecule has 0 aromatic rings. The summed E-state index contributed by atoms with van der Waals surface area (Å²) in [6.07, 6.45) is -5.21. The average Bonchev–Trinajstić information content (AvgIpc) is 2.31. The molecule has 1 rings (SSSR count). The van der Waals surface area contributed by atoms with Crippen molar-refractivity contribution in [3.05, 3.63) is 0 Å². The Morgan fingerprint density at radius 1 is 1.46 bits per heavy atom. The van der Waals surface area contributed by atoms with E-state index in [2.05, 4.69) is 5.10 Å². The van der Waals surface area contributed by atoms with Crippen LogP contribution in [0.15, 0.2) is 5.10 Å². The van der Waals surface area contributed by atoms with Crippen LogP contribution < -0.4 is 0 Å². The van der Waals surface area contributed by atoms with Gasteiger partial charge in [0.2, 0.25) is 6.17 Å². The largest absolute Gasteiger partial charge is 0.429 e. The highest BCUT2D eigenvalue weighted by atomic mass is 19.4. The van der Waals surface area contributed by atoms with Gasteiger partial charge in [0.25, 0.3) is 0 Å². The molecule has 1 atom stereocenters. The summed E-state index contributed by atoms with van der Waals surface area (Å²) in [4.78, 5) is 0.898. The van der Waals surface area contributed by atoms with Crippen molar-refractivity contribution >= 4 is 6.34 Å². The fraction of sp³-hybridized carbons (Fsp3) is 0.833. The summed E-state index contributed by atoms with van der Waals surface area (Å²) in [5.41, 5.74) is 0. The minimum absolute atomic E-state index is 0.342. The van der Waals surface area contributed by atoms with Gasteiger partial charge in [-0.05, 0) is 0 Å². The van der Waals surface area contributed by atoms with E-state index in [1.807, 2.05) is 0 Å². The second kappa shape index (κ2) is 3.39. The molecular weight excluding hydrogens is 190 g/mol. The first kappa shape index (κ1) is 10.1. The van der Waals surface area contributed by atoms with Crippen LogP contribution in [0.4, 0.5) is 17.6 Å². The molecule has 0 saturated heterocycles. The molecule has 13 heavy (non-hydrogen) atoms. The Morgan fingerprint density at radius 3 is 2.54 bits per heavy atom. The molecule has 1 aliphatic rings. The molecule has 3 nitrogen and oxygen atoms in total. The molecule has 1 aliphatic heterocycles. The van der Waals surface area contributed by atoms with Crippen molar-refractivity contribution < 1.29 is 17.6 Å². The lowest BCUT2D eigenvalue weighted by Gasteiger charge is -2.28. The van der Waals surface area contributed by atoms with Crippen LogP contribution in [0, 0.1) is 0 Å². The van der Waals surface area contributed by atoms with Crippen molar-refractivity contribution in [3.8, 4) is 0 Å². The SMILES string of the molecule is CN1C=NN(CCF)C1C(F)(F)F. The molecule has 76 valence electrons. The zero-order chi connectivity index (χ0) is 10.1. The lowest BCUT2D eigenvalue weighted by molar-refractivity contribution is -0.204. The number of hydrogen-bond acceptors (Lipinski definition) is 3. The number of nitrogens with zero attached hydrogens (tertiary/aromatic N) is 3. The summed E-state index contributed by atoms with van der Waals surface area (Å²) in [6.45, 7) is -1.19. The van der Waals surface area contributed by atoms with E-state index in [1.165, 1.54) is 7.05 Å². The zero-order valence-electron chi connectivity index (χ0n) is 6.92. The lowest BCUT2D eigenvalue weighted by Crippen LogP contribution is -2.49. The molecular formula is C6H9F4N3. The minimum Gasteiger partial charge on any atom is -0.335 e. The smallest absolute Gasteiger partial charge is 0.335 e. The van der Waals surface area contributed by atoms with Crippen LogP contribution >= 0.6 is 0 Å². The Labute approximate surface area is 72.6 Å². The summed E-state index contributed by atoms with van der Waals surface area (Å²) >= 11 is 0. The van der Waals surface area contributed by atoms with Gasteiger partial charge in [0.15, 0.2) is 0 Å². The van der Waals surface area contributed by atoms with Gasteiger partial charge >= 0.3 is 6.18 Å². The van der Waals surface area contributed by atoms with E-state index in [0.717, 1.165) is 11.2 Å². The van der Waals surface area contributed by atoms with Crippen LogP contribution in [0.1, 0.15) is 0 Å². The van der Waals surface area contributed by atoms with Gasteiger partial charge in [-0.2, -0.15) is 18.3 Å². The molecule has 0 bridgehead atoms. The van der Waals surface area contributed by atoms with Crippen molar-refractivity contribution in [1.82, 2.24) is 9.91 Å². The Morgan fingerprint density at radius 2 is 2.08 bits per heavy atom. The predicted molar refractivity (Wildman–Crippen MR) is 38.8 cm³/mol. The van der Waals surface area contributed by atoms with Crippen LogP contribution in [0.2, 0.25) is 0 Å². The summed E-state index contributed by atoms with van der Waals surface area (Å²) < 4.78 is 48.7. The van der Waals surface area contributed by atoms with Gasteiger partial charge in [-0.3, -0.25) is 5.01 Å². The Kier molecular flexibility index (Phi) is 2.63. The van der Waals surface area contributed by atoms with Gasteiger partial charge < -0.3 is 4.90 Å². The van der Waals surface area contributed by atoms with Gasteiger partial charge in [0.1, 0.15) is 13.0 Å². The van der Waals surface area contributed by atoms with E-state index in [-0.39, 0.29) is 6.54 Å². The summed E-state index contributed by atoms with van der Waals surface area (Å²) in [7, 11) is 1.25. The second-order valence-electron chi connectivity index (χ2n) is 2.66. The number of hydrogen-bond donors (Lipinski definition) is 0. The Bertz CT molecular complexity index is 203. The van der Waals surface area contributed by atoms with E-state index < -0.39 is 19.0 Å². The minimum atomic E-state index is -4.42. The second-order valence-corrected chi connectivity index (χ2v) is 2.66. The van der Waals surface area contributed by atoms with Crippen LogP contribution in [0.25, 0.3) is 0 Å². The molecule has 7 heteroatoms. The van der Waals surface area contributed by atoms with Gasteiger partial charge in [-0.25, -0.2) is 4.39 Å². The third kappa shape index (κ3) is 2.02. The maximum Gasteiger partial charge on any atom is 0.429 e. The molecule has 0 radical (unpaired) electrons. The summed E-state index contributed by atoms with van der Waals surface area (Å²) in [5.74, 6) is 0. The van der Waals surface area contributed by atoms with Crippen molar-refractivity contribution in [1.29, 1.82) is 0 Å². The topological polar surface area (TPSA) is 18.8 Å². The van der Waals surface area contributed by atoms with Gasteiger partial charge in [0.05, 0.1) is 6.54 Å². The number of hydrazone groups is 1. The maximum absolute atomic E-state index is 12.3. The quantitative estimate of drug-likeness (QED) is 0.618. The van der Waals surface area contributed by atoms with Crippen molar-refractivity contribution in [3.63, 3.8) is 0 Å². The maximum atomic E-state index is 12.3. The zero-order valence-corrected chi connectivity index (χ0v) is 6.92. The fourth-order valence-electron chi connectivity index (χ4n) is 1.15. The van der Waals surface area contributed by atoms with E-state index in [9.17, 15) is 17.6 Å².